The van der Waals surface area contributed by atoms with Crippen molar-refractivity contribution in [1.29, 1.82) is 0 Å². The maximum Gasteiger partial charge on any atom is 0.156 e. The molecule has 3 nitrogen and oxygen atoms in total. The lowest BCUT2D eigenvalue weighted by molar-refractivity contribution is 0.340. The van der Waals surface area contributed by atoms with Gasteiger partial charge in [0.15, 0.2) is 5.75 Å². The van der Waals surface area contributed by atoms with Crippen LogP contribution in [0, 0.1) is 0 Å². The van der Waals surface area contributed by atoms with Gasteiger partial charge in [-0.15, -0.1) is 0 Å². The zero-order chi connectivity index (χ0) is 15.9. The molecule has 2 aromatic rings. The van der Waals surface area contributed by atoms with Crippen LogP contribution in [0.4, 0.5) is 5.69 Å². The van der Waals surface area contributed by atoms with Crippen LogP contribution < -0.4 is 9.47 Å². The molecular weight excluding hydrogens is 321 g/mol. The zero-order valence-corrected chi connectivity index (χ0v) is 14.0. The summed E-state index contributed by atoms with van der Waals surface area (Å²) in [7, 11) is 0. The number of halogens is 2. The van der Waals surface area contributed by atoms with Crippen LogP contribution in [0.3, 0.4) is 0 Å². The van der Waals surface area contributed by atoms with E-state index in [2.05, 4.69) is 4.99 Å². The molecule has 0 saturated heterocycles. The van der Waals surface area contributed by atoms with E-state index in [1.165, 1.54) is 0 Å². The summed E-state index contributed by atoms with van der Waals surface area (Å²) in [5.41, 5.74) is 1.64. The van der Waals surface area contributed by atoms with E-state index < -0.39 is 0 Å². The lowest BCUT2D eigenvalue weighted by Crippen LogP contribution is -1.94. The zero-order valence-electron chi connectivity index (χ0n) is 12.5. The number of ether oxygens (including phenoxy) is 2. The van der Waals surface area contributed by atoms with Gasteiger partial charge in [0.2, 0.25) is 0 Å². The average Bonchev–Trinajstić information content (AvgIpc) is 2.50. The first-order chi connectivity index (χ1) is 10.6. The van der Waals surface area contributed by atoms with E-state index in [4.69, 9.17) is 32.7 Å². The molecule has 0 spiro atoms. The monoisotopic (exact) mass is 337 g/mol. The minimum Gasteiger partial charge on any atom is -0.494 e. The normalized spacial score (nSPS) is 10.9. The molecule has 0 atom stereocenters. The van der Waals surface area contributed by atoms with E-state index in [0.29, 0.717) is 29.0 Å². The fourth-order valence-electron chi connectivity index (χ4n) is 1.88. The number of rotatable bonds is 6. The smallest absolute Gasteiger partial charge is 0.156 e. The van der Waals surface area contributed by atoms with Gasteiger partial charge >= 0.3 is 0 Å². The number of hydrogen-bond acceptors (Lipinski definition) is 3. The third-order valence-corrected chi connectivity index (χ3v) is 3.38. The van der Waals surface area contributed by atoms with Gasteiger partial charge in [0, 0.05) is 6.21 Å². The minimum atomic E-state index is 0.475. The van der Waals surface area contributed by atoms with Crippen LogP contribution in [-0.4, -0.2) is 19.4 Å². The van der Waals surface area contributed by atoms with E-state index >= 15 is 0 Å². The predicted octanol–water partition coefficient (Wildman–Crippen LogP) is 5.54. The average molecular weight is 338 g/mol. The lowest BCUT2D eigenvalue weighted by atomic mass is 10.2. The van der Waals surface area contributed by atoms with Crippen molar-refractivity contribution in [3.8, 4) is 11.5 Å². The van der Waals surface area contributed by atoms with Crippen molar-refractivity contribution in [1.82, 2.24) is 0 Å². The largest absolute Gasteiger partial charge is 0.494 e. The van der Waals surface area contributed by atoms with E-state index in [1.807, 2.05) is 38.1 Å². The molecule has 0 saturated carbocycles. The molecule has 0 amide bonds. The third-order valence-electron chi connectivity index (χ3n) is 2.82. The molecule has 5 heteroatoms. The molecule has 0 aliphatic rings. The van der Waals surface area contributed by atoms with Gasteiger partial charge in [-0.2, -0.15) is 0 Å². The molecule has 0 fully saturated rings. The van der Waals surface area contributed by atoms with Gasteiger partial charge in [-0.25, -0.2) is 0 Å². The fraction of sp³-hybridized carbons (Fsp3) is 0.235. The summed E-state index contributed by atoms with van der Waals surface area (Å²) in [5, 5.41) is 0.949. The Kier molecular flexibility index (Phi) is 6.10. The van der Waals surface area contributed by atoms with Gasteiger partial charge in [-0.3, -0.25) is 4.99 Å². The van der Waals surface area contributed by atoms with Crippen LogP contribution in [0.2, 0.25) is 10.0 Å². The van der Waals surface area contributed by atoms with Crippen molar-refractivity contribution < 1.29 is 9.47 Å². The number of benzene rings is 2. The van der Waals surface area contributed by atoms with Crippen LogP contribution in [0.1, 0.15) is 19.4 Å². The summed E-state index contributed by atoms with van der Waals surface area (Å²) in [5.74, 6) is 1.33. The Bertz CT molecular complexity index is 631. The summed E-state index contributed by atoms with van der Waals surface area (Å²) in [6.45, 7) is 4.99. The highest BCUT2D eigenvalue weighted by Gasteiger charge is 2.08. The molecule has 0 aromatic heterocycles. The van der Waals surface area contributed by atoms with Crippen molar-refractivity contribution in [2.45, 2.75) is 13.8 Å². The van der Waals surface area contributed by atoms with E-state index in [1.54, 1.807) is 18.3 Å². The molecular formula is C17H17Cl2NO2. The molecule has 0 N–H and O–H groups in total. The Morgan fingerprint density at radius 2 is 1.55 bits per heavy atom. The first kappa shape index (κ1) is 16.7. The van der Waals surface area contributed by atoms with Crippen LogP contribution in [0.5, 0.6) is 11.5 Å². The SMILES string of the molecule is CCOc1ccc(N=Cc2cc(Cl)c(OCC)c(Cl)c2)cc1. The quantitative estimate of drug-likeness (QED) is 0.647. The first-order valence-corrected chi connectivity index (χ1v) is 7.78. The molecule has 0 heterocycles. The second-order valence-electron chi connectivity index (χ2n) is 4.43. The second kappa shape index (κ2) is 8.06. The van der Waals surface area contributed by atoms with Gasteiger partial charge in [0.05, 0.1) is 28.9 Å². The summed E-state index contributed by atoms with van der Waals surface area (Å²) in [6, 6.07) is 11.1. The topological polar surface area (TPSA) is 30.8 Å². The van der Waals surface area contributed by atoms with Gasteiger partial charge in [-0.1, -0.05) is 23.2 Å². The molecule has 22 heavy (non-hydrogen) atoms. The molecule has 0 radical (unpaired) electrons. The van der Waals surface area contributed by atoms with Gasteiger partial charge in [-0.05, 0) is 55.8 Å². The van der Waals surface area contributed by atoms with E-state index in [-0.39, 0.29) is 0 Å². The number of aliphatic imine (C=N–C) groups is 1. The fourth-order valence-corrected chi connectivity index (χ4v) is 2.49. The predicted molar refractivity (Wildman–Crippen MR) is 92.5 cm³/mol. The molecule has 2 aromatic carbocycles. The molecule has 2 rings (SSSR count). The number of hydrogen-bond donors (Lipinski definition) is 0. The van der Waals surface area contributed by atoms with Crippen LogP contribution >= 0.6 is 23.2 Å². The molecule has 116 valence electrons. The van der Waals surface area contributed by atoms with Gasteiger partial charge in [0.1, 0.15) is 5.75 Å². The Labute approximate surface area is 140 Å². The Morgan fingerprint density at radius 3 is 2.09 bits per heavy atom. The maximum atomic E-state index is 6.16. The minimum absolute atomic E-state index is 0.475. The van der Waals surface area contributed by atoms with E-state index in [9.17, 15) is 0 Å². The Hall–Kier alpha value is -1.71. The summed E-state index contributed by atoms with van der Waals surface area (Å²) >= 11 is 12.3. The van der Waals surface area contributed by atoms with Crippen molar-refractivity contribution in [2.75, 3.05) is 13.2 Å². The first-order valence-electron chi connectivity index (χ1n) is 7.02. The van der Waals surface area contributed by atoms with Crippen LogP contribution in [0.15, 0.2) is 41.4 Å². The van der Waals surface area contributed by atoms with Crippen LogP contribution in [-0.2, 0) is 0 Å². The van der Waals surface area contributed by atoms with E-state index in [0.717, 1.165) is 17.0 Å². The third kappa shape index (κ3) is 4.39. The van der Waals surface area contributed by atoms with Gasteiger partial charge in [0.25, 0.3) is 0 Å². The summed E-state index contributed by atoms with van der Waals surface area (Å²) in [4.78, 5) is 4.40. The van der Waals surface area contributed by atoms with Crippen molar-refractivity contribution in [3.63, 3.8) is 0 Å². The standard InChI is InChI=1S/C17H17Cl2NO2/c1-3-21-14-7-5-13(6-8-14)20-11-12-9-15(18)17(22-4-2)16(19)10-12/h5-11H,3-4H2,1-2H3. The lowest BCUT2D eigenvalue weighted by Gasteiger charge is -2.08. The van der Waals surface area contributed by atoms with Crippen LogP contribution in [0.25, 0.3) is 0 Å². The van der Waals surface area contributed by atoms with Crippen molar-refractivity contribution in [3.05, 3.63) is 52.0 Å². The van der Waals surface area contributed by atoms with Crippen molar-refractivity contribution in [2.24, 2.45) is 4.99 Å². The molecule has 0 aliphatic heterocycles. The molecule has 0 unspecified atom stereocenters. The Morgan fingerprint density at radius 1 is 0.955 bits per heavy atom. The highest BCUT2D eigenvalue weighted by molar-refractivity contribution is 6.37. The molecule has 0 aliphatic carbocycles. The second-order valence-corrected chi connectivity index (χ2v) is 5.25. The Balaban J connectivity index is 2.16. The molecule has 0 bridgehead atoms. The highest BCUT2D eigenvalue weighted by Crippen LogP contribution is 2.34. The highest BCUT2D eigenvalue weighted by atomic mass is 35.5. The van der Waals surface area contributed by atoms with Crippen molar-refractivity contribution >= 4 is 35.1 Å². The van der Waals surface area contributed by atoms with Gasteiger partial charge < -0.3 is 9.47 Å². The summed E-state index contributed by atoms with van der Waals surface area (Å²) in [6.07, 6.45) is 1.71. The summed E-state index contributed by atoms with van der Waals surface area (Å²) < 4.78 is 10.8. The maximum absolute atomic E-state index is 6.16. The number of nitrogens with zero attached hydrogens (tertiary/aromatic N) is 1.